The number of rotatable bonds is 4. The molecule has 3 nitrogen and oxygen atoms in total. The van der Waals surface area contributed by atoms with Crippen LogP contribution >= 0.6 is 0 Å². The summed E-state index contributed by atoms with van der Waals surface area (Å²) < 4.78 is 4.35. The summed E-state index contributed by atoms with van der Waals surface area (Å²) in [7, 11) is 1.31. The fourth-order valence-electron chi connectivity index (χ4n) is 0.424. The monoisotopic (exact) mass is 142 g/mol. The van der Waals surface area contributed by atoms with E-state index in [1.807, 2.05) is 0 Å². The highest BCUT2D eigenvalue weighted by molar-refractivity contribution is 5.75. The van der Waals surface area contributed by atoms with Gasteiger partial charge in [-0.15, -0.1) is 0 Å². The summed E-state index contributed by atoms with van der Waals surface area (Å²) in [4.78, 5) is 20.4. The Bertz CT molecular complexity index is 149. The Kier molecular flexibility index (Phi) is 4.20. The number of esters is 1. The first-order valence-electron chi connectivity index (χ1n) is 2.90. The Balaban J connectivity index is 3.44. The van der Waals surface area contributed by atoms with Crippen LogP contribution in [0.1, 0.15) is 12.8 Å². The quantitative estimate of drug-likeness (QED) is 0.329. The fraction of sp³-hybridized carbons (Fsp3) is 0.429. The molecule has 0 aromatic rings. The van der Waals surface area contributed by atoms with E-state index in [4.69, 9.17) is 0 Å². The molecule has 0 amide bonds. The van der Waals surface area contributed by atoms with Crippen LogP contribution in [0.4, 0.5) is 0 Å². The summed E-state index contributed by atoms with van der Waals surface area (Å²) in [6, 6.07) is 0. The maximum atomic E-state index is 10.5. The van der Waals surface area contributed by atoms with E-state index in [9.17, 15) is 9.59 Å². The lowest BCUT2D eigenvalue weighted by molar-refractivity contribution is -0.140. The van der Waals surface area contributed by atoms with Gasteiger partial charge in [0.2, 0.25) is 0 Å². The third-order valence-electron chi connectivity index (χ3n) is 1.04. The van der Waals surface area contributed by atoms with E-state index in [2.05, 4.69) is 11.3 Å². The molecule has 0 fully saturated rings. The number of allylic oxidation sites excluding steroid dienone is 1. The van der Waals surface area contributed by atoms with Gasteiger partial charge in [-0.05, 0) is 12.0 Å². The number of hydrogen-bond acceptors (Lipinski definition) is 3. The van der Waals surface area contributed by atoms with Crippen LogP contribution in [0, 0.1) is 0 Å². The van der Waals surface area contributed by atoms with Crippen LogP contribution in [0.3, 0.4) is 0 Å². The summed E-state index contributed by atoms with van der Waals surface area (Å²) in [5, 5.41) is 0. The predicted octanol–water partition coefficient (Wildman–Crippen LogP) is 0.695. The van der Waals surface area contributed by atoms with E-state index in [1.165, 1.54) is 7.11 Å². The molecule has 0 aromatic carbocycles. The summed E-state index contributed by atoms with van der Waals surface area (Å²) in [6.45, 7) is 3.40. The van der Waals surface area contributed by atoms with Crippen LogP contribution in [0.15, 0.2) is 12.2 Å². The molecule has 0 radical (unpaired) electrons. The van der Waals surface area contributed by atoms with E-state index < -0.39 is 0 Å². The zero-order valence-electron chi connectivity index (χ0n) is 5.92. The van der Waals surface area contributed by atoms with Crippen molar-refractivity contribution in [3.63, 3.8) is 0 Å². The lowest BCUT2D eigenvalue weighted by Crippen LogP contribution is -2.00. The fourth-order valence-corrected chi connectivity index (χ4v) is 0.424. The molecule has 0 aliphatic carbocycles. The highest BCUT2D eigenvalue weighted by atomic mass is 16.5. The van der Waals surface area contributed by atoms with E-state index >= 15 is 0 Å². The van der Waals surface area contributed by atoms with Crippen LogP contribution in [0.5, 0.6) is 0 Å². The highest BCUT2D eigenvalue weighted by Crippen LogP contribution is 1.99. The topological polar surface area (TPSA) is 43.4 Å². The summed E-state index contributed by atoms with van der Waals surface area (Å²) in [6.07, 6.45) is 1.26. The lowest BCUT2D eigenvalue weighted by Gasteiger charge is -1.95. The Labute approximate surface area is 59.7 Å². The van der Waals surface area contributed by atoms with E-state index in [0.29, 0.717) is 18.3 Å². The van der Waals surface area contributed by atoms with Crippen LogP contribution in [0.25, 0.3) is 0 Å². The normalized spacial score (nSPS) is 8.50. The van der Waals surface area contributed by atoms with Crippen molar-refractivity contribution in [2.75, 3.05) is 7.11 Å². The van der Waals surface area contributed by atoms with Gasteiger partial charge in [0.1, 0.15) is 6.29 Å². The average molecular weight is 142 g/mol. The van der Waals surface area contributed by atoms with Gasteiger partial charge in [0.05, 0.1) is 7.11 Å². The Morgan fingerprint density at radius 2 is 2.20 bits per heavy atom. The second-order valence-electron chi connectivity index (χ2n) is 1.85. The van der Waals surface area contributed by atoms with Crippen molar-refractivity contribution >= 4 is 12.3 Å². The van der Waals surface area contributed by atoms with E-state index in [-0.39, 0.29) is 12.4 Å². The summed E-state index contributed by atoms with van der Waals surface area (Å²) >= 11 is 0. The maximum Gasteiger partial charge on any atom is 0.305 e. The molecule has 0 saturated heterocycles. The van der Waals surface area contributed by atoms with Gasteiger partial charge in [0, 0.05) is 6.42 Å². The zero-order chi connectivity index (χ0) is 7.98. The summed E-state index contributed by atoms with van der Waals surface area (Å²) in [5.74, 6) is -0.317. The molecule has 10 heavy (non-hydrogen) atoms. The summed E-state index contributed by atoms with van der Waals surface area (Å²) in [5.41, 5.74) is 0.422. The third kappa shape index (κ3) is 3.83. The SMILES string of the molecule is C=C(C=O)CCC(=O)OC. The Morgan fingerprint density at radius 3 is 2.60 bits per heavy atom. The zero-order valence-corrected chi connectivity index (χ0v) is 5.92. The standard InChI is InChI=1S/C7H10O3/c1-6(5-8)3-4-7(9)10-2/h5H,1,3-4H2,2H3. The third-order valence-corrected chi connectivity index (χ3v) is 1.04. The number of ether oxygens (including phenoxy) is 1. The molecule has 0 heterocycles. The molecule has 0 spiro atoms. The molecule has 0 atom stereocenters. The molecule has 0 N–H and O–H groups in total. The molecular formula is C7H10O3. The molecule has 56 valence electrons. The van der Waals surface area contributed by atoms with Crippen molar-refractivity contribution < 1.29 is 14.3 Å². The van der Waals surface area contributed by atoms with Gasteiger partial charge in [-0.1, -0.05) is 6.58 Å². The van der Waals surface area contributed by atoms with Crippen molar-refractivity contribution in [1.82, 2.24) is 0 Å². The largest absolute Gasteiger partial charge is 0.469 e. The number of methoxy groups -OCH3 is 1. The molecule has 0 aliphatic heterocycles. The van der Waals surface area contributed by atoms with Crippen molar-refractivity contribution in [2.24, 2.45) is 0 Å². The minimum absolute atomic E-state index is 0.230. The maximum absolute atomic E-state index is 10.5. The van der Waals surface area contributed by atoms with Gasteiger partial charge in [0.25, 0.3) is 0 Å². The highest BCUT2D eigenvalue weighted by Gasteiger charge is 1.99. The van der Waals surface area contributed by atoms with E-state index in [1.54, 1.807) is 0 Å². The van der Waals surface area contributed by atoms with Crippen molar-refractivity contribution in [3.8, 4) is 0 Å². The number of aldehydes is 1. The molecule has 0 saturated carbocycles. The molecule has 0 aromatic heterocycles. The molecule has 3 heteroatoms. The first kappa shape index (κ1) is 8.88. The van der Waals surface area contributed by atoms with Gasteiger partial charge >= 0.3 is 5.97 Å². The Morgan fingerprint density at radius 1 is 1.60 bits per heavy atom. The minimum atomic E-state index is -0.317. The van der Waals surface area contributed by atoms with Crippen molar-refractivity contribution in [2.45, 2.75) is 12.8 Å². The molecular weight excluding hydrogens is 132 g/mol. The van der Waals surface area contributed by atoms with Crippen molar-refractivity contribution in [1.29, 1.82) is 0 Å². The van der Waals surface area contributed by atoms with Gasteiger partial charge < -0.3 is 4.74 Å². The smallest absolute Gasteiger partial charge is 0.305 e. The number of carbonyl (C=O) groups excluding carboxylic acids is 2. The minimum Gasteiger partial charge on any atom is -0.469 e. The average Bonchev–Trinajstić information content (AvgIpc) is 1.99. The van der Waals surface area contributed by atoms with Crippen LogP contribution in [-0.4, -0.2) is 19.4 Å². The molecule has 0 unspecified atom stereocenters. The van der Waals surface area contributed by atoms with Gasteiger partial charge in [-0.25, -0.2) is 0 Å². The van der Waals surface area contributed by atoms with Crippen LogP contribution in [-0.2, 0) is 14.3 Å². The molecule has 0 aliphatic rings. The number of hydrogen-bond donors (Lipinski definition) is 0. The second kappa shape index (κ2) is 4.73. The van der Waals surface area contributed by atoms with Gasteiger partial charge in [-0.3, -0.25) is 9.59 Å². The van der Waals surface area contributed by atoms with Gasteiger partial charge in [0.15, 0.2) is 0 Å². The van der Waals surface area contributed by atoms with Crippen molar-refractivity contribution in [3.05, 3.63) is 12.2 Å². The van der Waals surface area contributed by atoms with Gasteiger partial charge in [-0.2, -0.15) is 0 Å². The first-order chi connectivity index (χ1) is 4.70. The Hall–Kier alpha value is -1.12. The predicted molar refractivity (Wildman–Crippen MR) is 36.5 cm³/mol. The second-order valence-corrected chi connectivity index (χ2v) is 1.85. The lowest BCUT2D eigenvalue weighted by atomic mass is 10.2. The van der Waals surface area contributed by atoms with Crippen LogP contribution < -0.4 is 0 Å². The number of carbonyl (C=O) groups is 2. The van der Waals surface area contributed by atoms with Crippen LogP contribution in [0.2, 0.25) is 0 Å². The first-order valence-corrected chi connectivity index (χ1v) is 2.90. The van der Waals surface area contributed by atoms with E-state index in [0.717, 1.165) is 0 Å². The molecule has 0 rings (SSSR count). The molecule has 0 bridgehead atoms.